The molecule has 2 aromatic carbocycles. The monoisotopic (exact) mass is 396 g/mol. The van der Waals surface area contributed by atoms with Gasteiger partial charge in [-0.3, -0.25) is 19.7 Å². The maximum absolute atomic E-state index is 12.0. The van der Waals surface area contributed by atoms with Crippen molar-refractivity contribution in [1.29, 1.82) is 0 Å². The Labute approximate surface area is 164 Å². The zero-order valence-corrected chi connectivity index (χ0v) is 15.3. The molecule has 1 heterocycles. The lowest BCUT2D eigenvalue weighted by atomic mass is 10.1. The molecule has 1 aromatic heterocycles. The summed E-state index contributed by atoms with van der Waals surface area (Å²) in [4.78, 5) is 38.1. The Morgan fingerprint density at radius 1 is 1.21 bits per heavy atom. The van der Waals surface area contributed by atoms with Crippen LogP contribution in [0.4, 0.5) is 5.69 Å². The van der Waals surface area contributed by atoms with Crippen molar-refractivity contribution in [2.75, 3.05) is 6.54 Å². The first-order valence-electron chi connectivity index (χ1n) is 8.51. The smallest absolute Gasteiger partial charge is 0.325 e. The predicted octanol–water partition coefficient (Wildman–Crippen LogP) is 2.43. The number of ether oxygens (including phenoxy) is 1. The van der Waals surface area contributed by atoms with Crippen molar-refractivity contribution in [3.05, 3.63) is 75.7 Å². The van der Waals surface area contributed by atoms with Crippen LogP contribution in [-0.2, 0) is 16.1 Å². The van der Waals surface area contributed by atoms with Gasteiger partial charge < -0.3 is 14.6 Å². The fraction of sp³-hybridized carbons (Fsp3) is 0.158. The van der Waals surface area contributed by atoms with E-state index in [1.165, 1.54) is 18.2 Å². The van der Waals surface area contributed by atoms with E-state index in [0.717, 1.165) is 17.2 Å². The van der Waals surface area contributed by atoms with E-state index >= 15 is 0 Å². The van der Waals surface area contributed by atoms with Gasteiger partial charge in [0.1, 0.15) is 6.54 Å². The van der Waals surface area contributed by atoms with Gasteiger partial charge >= 0.3 is 5.97 Å². The average molecular weight is 396 g/mol. The zero-order chi connectivity index (χ0) is 20.8. The summed E-state index contributed by atoms with van der Waals surface area (Å²) >= 11 is 0. The van der Waals surface area contributed by atoms with Crippen LogP contribution in [0.5, 0.6) is 0 Å². The summed E-state index contributed by atoms with van der Waals surface area (Å²) in [5.74, 6) is -0.862. The van der Waals surface area contributed by atoms with E-state index in [-0.39, 0.29) is 23.7 Å². The number of benzene rings is 2. The molecule has 0 atom stereocenters. The van der Waals surface area contributed by atoms with E-state index in [2.05, 4.69) is 15.5 Å². The number of carbonyl (C=O) groups is 2. The highest BCUT2D eigenvalue weighted by Crippen LogP contribution is 2.20. The highest BCUT2D eigenvalue weighted by atomic mass is 16.6. The number of nitrogens with zero attached hydrogens (tertiary/aromatic N) is 3. The Kier molecular flexibility index (Phi) is 5.93. The van der Waals surface area contributed by atoms with E-state index < -0.39 is 23.3 Å². The minimum absolute atomic E-state index is 0.0618. The number of amides is 1. The molecule has 0 unspecified atom stereocenters. The molecule has 0 saturated heterocycles. The number of hydrogen-bond acceptors (Lipinski definition) is 8. The number of aromatic nitrogens is 2. The summed E-state index contributed by atoms with van der Waals surface area (Å²) in [6.07, 6.45) is 0. The molecule has 1 N–H and O–H groups in total. The highest BCUT2D eigenvalue weighted by Gasteiger charge is 2.15. The number of aryl methyl sites for hydroxylation is 1. The zero-order valence-electron chi connectivity index (χ0n) is 15.3. The number of non-ortho nitro benzene ring substituents is 1. The van der Waals surface area contributed by atoms with Gasteiger partial charge in [0.25, 0.3) is 17.5 Å². The second-order valence-corrected chi connectivity index (χ2v) is 5.98. The summed E-state index contributed by atoms with van der Waals surface area (Å²) in [6.45, 7) is 1.25. The molecule has 10 nitrogen and oxygen atoms in total. The largest absolute Gasteiger partial charge is 0.454 e. The number of nitro benzene ring substituents is 1. The van der Waals surface area contributed by atoms with Crippen LogP contribution in [0.1, 0.15) is 21.8 Å². The van der Waals surface area contributed by atoms with Crippen molar-refractivity contribution in [2.45, 2.75) is 13.5 Å². The second-order valence-electron chi connectivity index (χ2n) is 5.98. The maximum atomic E-state index is 12.0. The third kappa shape index (κ3) is 5.01. The van der Waals surface area contributed by atoms with Gasteiger partial charge in [-0.25, -0.2) is 0 Å². The van der Waals surface area contributed by atoms with Crippen LogP contribution in [0.15, 0.2) is 53.1 Å². The minimum atomic E-state index is -0.723. The van der Waals surface area contributed by atoms with Crippen molar-refractivity contribution >= 4 is 17.6 Å². The van der Waals surface area contributed by atoms with Gasteiger partial charge in [-0.15, -0.1) is 0 Å². The van der Waals surface area contributed by atoms with Gasteiger partial charge in [0.05, 0.1) is 4.92 Å². The number of nitrogens with one attached hydrogen (secondary N) is 1. The Morgan fingerprint density at radius 2 is 2.00 bits per heavy atom. The molecule has 148 valence electrons. The lowest BCUT2D eigenvalue weighted by Crippen LogP contribution is -2.30. The fourth-order valence-electron chi connectivity index (χ4n) is 2.46. The first kappa shape index (κ1) is 19.7. The van der Waals surface area contributed by atoms with Gasteiger partial charge in [-0.2, -0.15) is 4.98 Å². The van der Waals surface area contributed by atoms with Crippen molar-refractivity contribution < 1.29 is 23.8 Å². The van der Waals surface area contributed by atoms with Crippen molar-refractivity contribution in [1.82, 2.24) is 15.5 Å². The molecule has 0 aliphatic rings. The molecule has 3 rings (SSSR count). The average Bonchev–Trinajstić information content (AvgIpc) is 3.19. The number of nitro groups is 1. The molecule has 0 saturated carbocycles. The third-order valence-electron chi connectivity index (χ3n) is 3.92. The molecule has 0 spiro atoms. The van der Waals surface area contributed by atoms with E-state index in [0.29, 0.717) is 5.82 Å². The van der Waals surface area contributed by atoms with Crippen LogP contribution in [0.25, 0.3) is 11.4 Å². The maximum Gasteiger partial charge on any atom is 0.325 e. The Bertz CT molecular complexity index is 1060. The van der Waals surface area contributed by atoms with Gasteiger partial charge in [0.2, 0.25) is 5.82 Å². The van der Waals surface area contributed by atoms with E-state index in [1.807, 2.05) is 31.2 Å². The molecule has 0 radical (unpaired) electrons. The van der Waals surface area contributed by atoms with Gasteiger partial charge in [0.15, 0.2) is 6.61 Å². The first-order chi connectivity index (χ1) is 13.9. The topological polar surface area (TPSA) is 137 Å². The van der Waals surface area contributed by atoms with Gasteiger partial charge in [-0.1, -0.05) is 35.5 Å². The lowest BCUT2D eigenvalue weighted by Gasteiger charge is -2.05. The summed E-state index contributed by atoms with van der Waals surface area (Å²) in [6, 6.07) is 12.7. The second kappa shape index (κ2) is 8.74. The summed E-state index contributed by atoms with van der Waals surface area (Å²) in [5.41, 5.74) is 1.62. The van der Waals surface area contributed by atoms with Gasteiger partial charge in [0, 0.05) is 23.3 Å². The molecule has 10 heteroatoms. The Hall–Kier alpha value is -4.08. The molecule has 0 bridgehead atoms. The van der Waals surface area contributed by atoms with Crippen molar-refractivity contribution in [3.8, 4) is 11.4 Å². The van der Waals surface area contributed by atoms with Crippen LogP contribution in [0, 0.1) is 17.0 Å². The number of rotatable bonds is 7. The normalized spacial score (nSPS) is 10.4. The predicted molar refractivity (Wildman–Crippen MR) is 99.7 cm³/mol. The molecule has 3 aromatic rings. The molecular formula is C19H16N4O6. The summed E-state index contributed by atoms with van der Waals surface area (Å²) in [5, 5.41) is 16.9. The number of hydrogen-bond donors (Lipinski definition) is 1. The number of esters is 1. The van der Waals surface area contributed by atoms with Crippen molar-refractivity contribution in [3.63, 3.8) is 0 Å². The molecular weight excluding hydrogens is 380 g/mol. The minimum Gasteiger partial charge on any atom is -0.454 e. The highest BCUT2D eigenvalue weighted by molar-refractivity contribution is 5.96. The van der Waals surface area contributed by atoms with E-state index in [9.17, 15) is 19.7 Å². The van der Waals surface area contributed by atoms with Crippen molar-refractivity contribution in [2.24, 2.45) is 0 Å². The third-order valence-corrected chi connectivity index (χ3v) is 3.92. The summed E-state index contributed by atoms with van der Waals surface area (Å²) in [7, 11) is 0. The fourth-order valence-corrected chi connectivity index (χ4v) is 2.46. The van der Waals surface area contributed by atoms with Crippen LogP contribution in [0.3, 0.4) is 0 Å². The Balaban J connectivity index is 1.51. The molecule has 1 amide bonds. The van der Waals surface area contributed by atoms with E-state index in [4.69, 9.17) is 9.26 Å². The molecule has 0 fully saturated rings. The van der Waals surface area contributed by atoms with Crippen LogP contribution < -0.4 is 5.32 Å². The Morgan fingerprint density at radius 3 is 2.76 bits per heavy atom. The lowest BCUT2D eigenvalue weighted by molar-refractivity contribution is -0.384. The molecule has 29 heavy (non-hydrogen) atoms. The summed E-state index contributed by atoms with van der Waals surface area (Å²) < 4.78 is 10.1. The van der Waals surface area contributed by atoms with E-state index in [1.54, 1.807) is 0 Å². The number of carbonyl (C=O) groups excluding carboxylic acids is 2. The molecule has 0 aliphatic heterocycles. The van der Waals surface area contributed by atoms with Crippen LogP contribution in [-0.4, -0.2) is 33.5 Å². The standard InChI is InChI=1S/C19H16N4O6/c1-12-5-2-3-8-15(12)18-21-16(29-22-18)11-28-17(24)10-20-19(25)13-6-4-7-14(9-13)23(26)27/h2-9H,10-11H2,1H3,(H,20,25). The first-order valence-corrected chi connectivity index (χ1v) is 8.51. The SMILES string of the molecule is Cc1ccccc1-c1noc(COC(=O)CNC(=O)c2cccc([N+](=O)[O-])c2)n1. The van der Waals surface area contributed by atoms with Gasteiger partial charge in [-0.05, 0) is 18.6 Å². The quantitative estimate of drug-likeness (QED) is 0.365. The van der Waals surface area contributed by atoms with Crippen LogP contribution >= 0.6 is 0 Å². The molecule has 0 aliphatic carbocycles. The van der Waals surface area contributed by atoms with Crippen LogP contribution in [0.2, 0.25) is 0 Å².